The molecule has 1 aromatic heterocycles. The zero-order valence-corrected chi connectivity index (χ0v) is 61.3. The van der Waals surface area contributed by atoms with Gasteiger partial charge in [-0.2, -0.15) is 0 Å². The van der Waals surface area contributed by atoms with Gasteiger partial charge in [0.2, 0.25) is 76.8 Å². The number of carboxylic acid groups (broad SMARTS) is 1. The van der Waals surface area contributed by atoms with E-state index in [1.165, 1.54) is 53.4 Å². The summed E-state index contributed by atoms with van der Waals surface area (Å²) in [6.07, 6.45) is 2.88. The van der Waals surface area contributed by atoms with Gasteiger partial charge in [0.1, 0.15) is 65.9 Å². The molecule has 1 aliphatic heterocycles. The molecule has 2 saturated carbocycles. The molecule has 13 amide bonds. The molecule has 0 bridgehead atoms. The molecule has 3 fully saturated rings. The maximum absolute atomic E-state index is 15.3. The number of aromatic hydroxyl groups is 2. The fourth-order valence-corrected chi connectivity index (χ4v) is 15.3. The molecule has 586 valence electrons. The van der Waals surface area contributed by atoms with Crippen LogP contribution in [0, 0.1) is 11.3 Å². The third-order valence-electron chi connectivity index (χ3n) is 18.7. The van der Waals surface area contributed by atoms with Crippen molar-refractivity contribution in [2.24, 2.45) is 28.9 Å². The van der Waals surface area contributed by atoms with Crippen molar-refractivity contribution in [2.45, 2.75) is 182 Å². The number of primary amides is 2. The summed E-state index contributed by atoms with van der Waals surface area (Å²) < 4.78 is 0. The van der Waals surface area contributed by atoms with Crippen LogP contribution in [0.2, 0.25) is 0 Å². The highest BCUT2D eigenvalue weighted by atomic mass is 33.1. The van der Waals surface area contributed by atoms with Crippen LogP contribution in [0.4, 0.5) is 0 Å². The Morgan fingerprint density at radius 2 is 1.19 bits per heavy atom. The van der Waals surface area contributed by atoms with Gasteiger partial charge in [0, 0.05) is 99.2 Å². The van der Waals surface area contributed by atoms with Crippen molar-refractivity contribution < 1.29 is 82.4 Å². The van der Waals surface area contributed by atoms with E-state index in [0.717, 1.165) is 34.4 Å². The van der Waals surface area contributed by atoms with Crippen molar-refractivity contribution in [1.82, 2.24) is 68.4 Å². The molecular formula is C71H98N18O17S2. The molecule has 9 atom stereocenters. The number of hydrogen-bond donors (Lipinski definition) is 20. The van der Waals surface area contributed by atoms with E-state index < -0.39 is 194 Å². The van der Waals surface area contributed by atoms with Gasteiger partial charge in [-0.15, -0.1) is 0 Å². The van der Waals surface area contributed by atoms with E-state index in [1.807, 2.05) is 0 Å². The van der Waals surface area contributed by atoms with Crippen LogP contribution >= 0.6 is 21.6 Å². The van der Waals surface area contributed by atoms with Crippen LogP contribution in [0.3, 0.4) is 0 Å². The Hall–Kier alpha value is -10.7. The van der Waals surface area contributed by atoms with Crippen LogP contribution in [-0.4, -0.2) is 212 Å². The number of H-pyrrole nitrogens is 1. The maximum Gasteiger partial charge on any atom is 0.303 e. The van der Waals surface area contributed by atoms with Crippen LogP contribution < -0.4 is 81.4 Å². The van der Waals surface area contributed by atoms with Crippen molar-refractivity contribution >= 4 is 121 Å². The predicted octanol–water partition coefficient (Wildman–Crippen LogP) is -1.94. The fraction of sp³-hybridized carbons (Fsp3) is 0.507. The minimum Gasteiger partial charge on any atom is -0.508 e. The van der Waals surface area contributed by atoms with E-state index in [4.69, 9.17) is 28.3 Å². The summed E-state index contributed by atoms with van der Waals surface area (Å²) in [5.41, 5.74) is 24.7. The molecule has 108 heavy (non-hydrogen) atoms. The fourth-order valence-electron chi connectivity index (χ4n) is 12.9. The summed E-state index contributed by atoms with van der Waals surface area (Å²) in [5.74, 6) is -15.1. The number of fused-ring (bicyclic) bond motifs is 1. The Labute approximate surface area is 630 Å². The maximum atomic E-state index is 15.3. The van der Waals surface area contributed by atoms with E-state index in [9.17, 15) is 68.1 Å². The summed E-state index contributed by atoms with van der Waals surface area (Å²) in [5, 5.41) is 67.7. The van der Waals surface area contributed by atoms with Crippen molar-refractivity contribution in [3.8, 4) is 11.5 Å². The molecule has 37 heteroatoms. The van der Waals surface area contributed by atoms with Gasteiger partial charge < -0.3 is 107 Å². The van der Waals surface area contributed by atoms with Gasteiger partial charge >= 0.3 is 5.97 Å². The minimum absolute atomic E-state index is 0.0102. The molecule has 4 aromatic rings. The van der Waals surface area contributed by atoms with E-state index in [0.29, 0.717) is 66.1 Å². The van der Waals surface area contributed by atoms with Gasteiger partial charge in [0.25, 0.3) is 0 Å². The van der Waals surface area contributed by atoms with Crippen LogP contribution in [0.5, 0.6) is 11.5 Å². The number of carbonyl (C=O) groups excluding carboxylic acids is 13. The average Bonchev–Trinajstić information content (AvgIpc) is 1.72. The second-order valence-electron chi connectivity index (χ2n) is 26.9. The second-order valence-corrected chi connectivity index (χ2v) is 29.4. The topological polar surface area (TPSA) is 579 Å². The van der Waals surface area contributed by atoms with Crippen LogP contribution in [0.15, 0.2) is 79.0 Å². The summed E-state index contributed by atoms with van der Waals surface area (Å²) in [6.45, 7) is -0.832. The Balaban J connectivity index is 1.28. The Morgan fingerprint density at radius 3 is 1.83 bits per heavy atom. The van der Waals surface area contributed by atoms with Crippen LogP contribution in [-0.2, 0) is 86.4 Å². The quantitative estimate of drug-likeness (QED) is 0.0141. The van der Waals surface area contributed by atoms with Crippen molar-refractivity contribution in [3.63, 3.8) is 0 Å². The number of nitrogens with zero attached hydrogens (tertiary/aromatic N) is 1. The molecule has 2 heterocycles. The first kappa shape index (κ1) is 84.6. The van der Waals surface area contributed by atoms with E-state index in [-0.39, 0.29) is 80.8 Å². The van der Waals surface area contributed by atoms with Gasteiger partial charge in [0.05, 0.1) is 6.54 Å². The Kier molecular flexibility index (Phi) is 33.4. The number of aliphatic carboxylic acids is 1. The number of aromatic amines is 1. The summed E-state index contributed by atoms with van der Waals surface area (Å²) in [6, 6.07) is 3.97. The smallest absolute Gasteiger partial charge is 0.303 e. The monoisotopic (exact) mass is 1540 g/mol. The Bertz CT molecular complexity index is 3840. The predicted molar refractivity (Wildman–Crippen MR) is 399 cm³/mol. The van der Waals surface area contributed by atoms with Crippen molar-refractivity contribution in [2.75, 3.05) is 37.7 Å². The van der Waals surface area contributed by atoms with Gasteiger partial charge in [-0.05, 0) is 104 Å². The second kappa shape index (κ2) is 42.6. The lowest BCUT2D eigenvalue weighted by molar-refractivity contribution is -0.139. The summed E-state index contributed by atoms with van der Waals surface area (Å²) in [7, 11) is 1.74. The summed E-state index contributed by atoms with van der Waals surface area (Å²) in [4.78, 5) is 202. The van der Waals surface area contributed by atoms with Crippen LogP contribution in [0.25, 0.3) is 10.9 Å². The van der Waals surface area contributed by atoms with Crippen molar-refractivity contribution in [1.29, 1.82) is 5.41 Å². The van der Waals surface area contributed by atoms with Crippen LogP contribution in [0.1, 0.15) is 119 Å². The number of nitrogens with one attached hydrogen (secondary N) is 13. The third kappa shape index (κ3) is 27.3. The first-order valence-corrected chi connectivity index (χ1v) is 38.3. The normalized spacial score (nSPS) is 22.1. The number of hydrogen-bond acceptors (Lipinski definition) is 20. The molecule has 0 radical (unpaired) electrons. The highest BCUT2D eigenvalue weighted by Gasteiger charge is 2.40. The number of aromatic nitrogens is 1. The van der Waals surface area contributed by atoms with E-state index in [1.54, 1.807) is 30.5 Å². The highest BCUT2D eigenvalue weighted by Crippen LogP contribution is 2.30. The number of rotatable bonds is 26. The molecule has 3 aromatic carbocycles. The van der Waals surface area contributed by atoms with Gasteiger partial charge in [0.15, 0.2) is 5.96 Å². The SMILES string of the molecule is N=C(N)NCCC[C@@H]1NC(=O)[C@H](Cc2ccc(O)cc2)NC(=O)[C@H](C2CCCC2)NC(=O)[C@@H](NC(=O)[C@H](Cc2ccc(O)cc2)NC(=O)CN(C(=O)CCN)C2CCCC2)CSSC[C@@H](C(N)=O)NC(=O)[C@H](CCC(=O)O)NC(=O)[C@H](Cc2c[nH]c3ccccc23)NC(=O)[C@H](CCC(N)=O)NC(=O)CCNC1=O. The van der Waals surface area contributed by atoms with E-state index in [2.05, 4.69) is 63.5 Å². The number of amides is 13. The highest BCUT2D eigenvalue weighted by molar-refractivity contribution is 8.76. The van der Waals surface area contributed by atoms with Crippen molar-refractivity contribution in [3.05, 3.63) is 95.7 Å². The molecule has 1 saturated heterocycles. The lowest BCUT2D eigenvalue weighted by Crippen LogP contribution is -2.61. The third-order valence-corrected chi connectivity index (χ3v) is 21.1. The molecule has 24 N–H and O–H groups in total. The molecule has 2 aliphatic carbocycles. The minimum atomic E-state index is -1.75. The van der Waals surface area contributed by atoms with Gasteiger partial charge in [-0.3, -0.25) is 72.5 Å². The number of carbonyl (C=O) groups is 14. The number of phenolic OH excluding ortho intramolecular Hbond substituents is 2. The lowest BCUT2D eigenvalue weighted by Gasteiger charge is -2.30. The zero-order valence-electron chi connectivity index (χ0n) is 59.7. The molecule has 0 unspecified atom stereocenters. The first-order chi connectivity index (χ1) is 51.6. The molecule has 0 spiro atoms. The number of para-hydroxylation sites is 1. The van der Waals surface area contributed by atoms with E-state index >= 15 is 14.4 Å². The number of benzene rings is 3. The number of phenols is 2. The average molecular weight is 1540 g/mol. The first-order valence-electron chi connectivity index (χ1n) is 35.9. The van der Waals surface area contributed by atoms with Gasteiger partial charge in [-0.1, -0.05) is 89.7 Å². The summed E-state index contributed by atoms with van der Waals surface area (Å²) >= 11 is 0. The number of nitrogens with two attached hydrogens (primary N) is 4. The molecule has 7 rings (SSSR count). The largest absolute Gasteiger partial charge is 0.508 e. The molecule has 35 nitrogen and oxygen atoms in total. The zero-order chi connectivity index (χ0) is 78.4. The molecular weight excluding hydrogens is 1440 g/mol. The standard InChI is InChI=1S/C71H98N18O17S2/c72-29-27-59(95)89(43-10-3-4-11-43)36-58(94)81-51(32-39-15-19-44(90)20-16-39)66(102)87-55-38-108-107-37-54(62(74)98)86-65(101)50(24-26-60(96)97)83-68(104)53(34-42-35-79-47-13-6-5-12-46(42)47)84-64(100)49(23-25-56(73)92)80-57(93)28-31-77-63(99)48(14-7-30-78-71(75)76)82-67(103)52(33-40-17-21-45(91)22-18-40)85-70(106)61(88-69(55)105)41-8-1-2-9-41/h5-6,12-13,15-22,35,41,43,48-55,61,79,90-91H,1-4,7-11,14,23-34,36-38,72H2,(H2,73,92)(H2,74,98)(H,77,99)(H,80,93)(H,81,94)(H,82,103)(H,83,104)(H,84,100)(H,85,106)(H,86,101)(H,87,102)(H,88,105)(H,96,97)(H4,75,76,78)/t48-,49-,50-,51-,52-,53-,54-,55-,61-/m0/s1. The molecule has 3 aliphatic rings. The number of carboxylic acids is 1. The Morgan fingerprint density at radius 1 is 0.620 bits per heavy atom. The number of guanidine groups is 1. The lowest BCUT2D eigenvalue weighted by atomic mass is 9.95. The van der Waals surface area contributed by atoms with Gasteiger partial charge in [-0.25, -0.2) is 0 Å².